The Labute approximate surface area is 118 Å². The van der Waals surface area contributed by atoms with Gasteiger partial charge < -0.3 is 9.55 Å². The molecule has 2 aromatic rings. The number of nitrogens with one attached hydrogen (secondary N) is 1. The Morgan fingerprint density at radius 1 is 1.53 bits per heavy atom. The number of halogens is 2. The van der Waals surface area contributed by atoms with E-state index in [2.05, 4.69) is 18.8 Å². The molecule has 1 unspecified atom stereocenters. The largest absolute Gasteiger partial charge is 0.331 e. The van der Waals surface area contributed by atoms with E-state index in [1.807, 2.05) is 27.2 Å². The van der Waals surface area contributed by atoms with Crippen molar-refractivity contribution in [1.82, 2.24) is 9.55 Å². The molecule has 0 fully saturated rings. The van der Waals surface area contributed by atoms with Gasteiger partial charge in [0.05, 0.1) is 14.6 Å². The van der Waals surface area contributed by atoms with Crippen molar-refractivity contribution in [2.45, 2.75) is 26.8 Å². The smallest absolute Gasteiger partial charge is 0.178 e. The maximum Gasteiger partial charge on any atom is 0.178 e. The first-order chi connectivity index (χ1) is 8.02. The third-order valence-corrected chi connectivity index (χ3v) is 4.16. The number of aromatic amines is 1. The zero-order valence-corrected chi connectivity index (χ0v) is 12.7. The summed E-state index contributed by atoms with van der Waals surface area (Å²) < 4.78 is 16.9. The first kappa shape index (κ1) is 13.0. The second-order valence-electron chi connectivity index (χ2n) is 4.34. The quantitative estimate of drug-likeness (QED) is 0.629. The van der Waals surface area contributed by atoms with Crippen LogP contribution >= 0.6 is 34.8 Å². The number of aromatic nitrogens is 2. The summed E-state index contributed by atoms with van der Waals surface area (Å²) >= 11 is 7.28. The van der Waals surface area contributed by atoms with Crippen LogP contribution in [-0.2, 0) is 6.54 Å². The average Bonchev–Trinajstić information content (AvgIpc) is 2.56. The Morgan fingerprint density at radius 2 is 2.24 bits per heavy atom. The second-order valence-corrected chi connectivity index (χ2v) is 5.89. The molecule has 0 saturated heterocycles. The molecule has 92 valence electrons. The number of hydrogen-bond acceptors (Lipinski definition) is 1. The molecule has 0 aliphatic rings. The Balaban J connectivity index is 2.58. The summed E-state index contributed by atoms with van der Waals surface area (Å²) in [7, 11) is 0. The monoisotopic (exact) mass is 364 g/mol. The molecule has 17 heavy (non-hydrogen) atoms. The van der Waals surface area contributed by atoms with Crippen molar-refractivity contribution >= 4 is 45.8 Å². The number of fused-ring (bicyclic) bond motifs is 1. The average molecular weight is 364 g/mol. The van der Waals surface area contributed by atoms with Gasteiger partial charge in [0.15, 0.2) is 4.77 Å². The molecule has 0 bridgehead atoms. The van der Waals surface area contributed by atoms with Gasteiger partial charge in [-0.25, -0.2) is 4.39 Å². The van der Waals surface area contributed by atoms with E-state index in [9.17, 15) is 4.39 Å². The number of nitrogens with zero attached hydrogens (tertiary/aromatic N) is 1. The zero-order chi connectivity index (χ0) is 12.6. The third-order valence-electron chi connectivity index (χ3n) is 3.01. The topological polar surface area (TPSA) is 20.7 Å². The summed E-state index contributed by atoms with van der Waals surface area (Å²) in [4.78, 5) is 3.13. The SMILES string of the molecule is CCC(C)Cn1c(=S)[nH]c2cc(I)c(F)cc21. The Morgan fingerprint density at radius 3 is 2.88 bits per heavy atom. The summed E-state index contributed by atoms with van der Waals surface area (Å²) in [6.45, 7) is 5.14. The predicted octanol–water partition coefficient (Wildman–Crippen LogP) is 4.49. The maximum atomic E-state index is 13.6. The van der Waals surface area contributed by atoms with Gasteiger partial charge in [0.1, 0.15) is 5.82 Å². The van der Waals surface area contributed by atoms with Crippen molar-refractivity contribution < 1.29 is 4.39 Å². The Hall–Kier alpha value is -0.430. The fourth-order valence-electron chi connectivity index (χ4n) is 1.77. The van der Waals surface area contributed by atoms with Crippen LogP contribution in [0.4, 0.5) is 4.39 Å². The van der Waals surface area contributed by atoms with Gasteiger partial charge in [-0.3, -0.25) is 0 Å². The van der Waals surface area contributed by atoms with E-state index in [0.717, 1.165) is 24.0 Å². The number of hydrogen-bond donors (Lipinski definition) is 1. The van der Waals surface area contributed by atoms with Gasteiger partial charge >= 0.3 is 0 Å². The molecular formula is C12H14FIN2S. The zero-order valence-electron chi connectivity index (χ0n) is 9.76. The van der Waals surface area contributed by atoms with E-state index in [1.165, 1.54) is 0 Å². The minimum atomic E-state index is -0.190. The van der Waals surface area contributed by atoms with E-state index < -0.39 is 0 Å². The molecule has 0 amide bonds. The van der Waals surface area contributed by atoms with Crippen molar-refractivity contribution in [2.75, 3.05) is 0 Å². The molecular weight excluding hydrogens is 350 g/mol. The highest BCUT2D eigenvalue weighted by molar-refractivity contribution is 14.1. The molecule has 5 heteroatoms. The summed E-state index contributed by atoms with van der Waals surface area (Å²) in [6, 6.07) is 3.36. The summed E-state index contributed by atoms with van der Waals surface area (Å²) in [5.74, 6) is 0.341. The summed E-state index contributed by atoms with van der Waals surface area (Å²) in [5.41, 5.74) is 1.76. The highest BCUT2D eigenvalue weighted by atomic mass is 127. The van der Waals surface area contributed by atoms with Crippen molar-refractivity contribution in [3.05, 3.63) is 26.3 Å². The third kappa shape index (κ3) is 2.54. The number of benzene rings is 1. The van der Waals surface area contributed by atoms with Gasteiger partial charge in [-0.2, -0.15) is 0 Å². The molecule has 1 atom stereocenters. The van der Waals surface area contributed by atoms with Crippen LogP contribution in [-0.4, -0.2) is 9.55 Å². The van der Waals surface area contributed by atoms with E-state index >= 15 is 0 Å². The molecule has 1 aromatic heterocycles. The number of rotatable bonds is 3. The number of H-pyrrole nitrogens is 1. The van der Waals surface area contributed by atoms with Crippen LogP contribution in [0.25, 0.3) is 11.0 Å². The van der Waals surface area contributed by atoms with Gasteiger partial charge in [-0.1, -0.05) is 20.3 Å². The molecule has 0 saturated carbocycles. The first-order valence-corrected chi connectivity index (χ1v) is 7.09. The molecule has 2 nitrogen and oxygen atoms in total. The summed E-state index contributed by atoms with van der Waals surface area (Å²) in [5, 5.41) is 0. The van der Waals surface area contributed by atoms with E-state index in [4.69, 9.17) is 12.2 Å². The van der Waals surface area contributed by atoms with E-state index in [-0.39, 0.29) is 5.82 Å². The molecule has 0 spiro atoms. The van der Waals surface area contributed by atoms with Gasteiger partial charge in [0.25, 0.3) is 0 Å². The molecule has 1 heterocycles. The Bertz CT molecular complexity index is 602. The normalized spacial score (nSPS) is 13.2. The van der Waals surface area contributed by atoms with Gasteiger partial charge in [0, 0.05) is 12.6 Å². The van der Waals surface area contributed by atoms with Crippen LogP contribution in [0.3, 0.4) is 0 Å². The van der Waals surface area contributed by atoms with Crippen molar-refractivity contribution in [2.24, 2.45) is 5.92 Å². The van der Waals surface area contributed by atoms with Crippen molar-refractivity contribution in [3.8, 4) is 0 Å². The molecule has 0 aliphatic heterocycles. The minimum absolute atomic E-state index is 0.190. The molecule has 1 aromatic carbocycles. The Kier molecular flexibility index (Phi) is 3.87. The van der Waals surface area contributed by atoms with E-state index in [0.29, 0.717) is 14.3 Å². The standard InChI is InChI=1S/C12H14FIN2S/c1-3-7(2)6-16-11-4-8(13)9(14)5-10(11)15-12(16)17/h4-5,7H,3,6H2,1-2H3,(H,15,17). The predicted molar refractivity (Wildman–Crippen MR) is 79.3 cm³/mol. The molecule has 1 N–H and O–H groups in total. The second kappa shape index (κ2) is 5.06. The fraction of sp³-hybridized carbons (Fsp3) is 0.417. The highest BCUT2D eigenvalue weighted by Gasteiger charge is 2.10. The fourth-order valence-corrected chi connectivity index (χ4v) is 2.52. The lowest BCUT2D eigenvalue weighted by Gasteiger charge is -2.10. The lowest BCUT2D eigenvalue weighted by molar-refractivity contribution is 0.472. The molecule has 2 rings (SSSR count). The van der Waals surface area contributed by atoms with Crippen LogP contribution in [0.2, 0.25) is 0 Å². The van der Waals surface area contributed by atoms with Crippen molar-refractivity contribution in [3.63, 3.8) is 0 Å². The van der Waals surface area contributed by atoms with E-state index in [1.54, 1.807) is 12.1 Å². The van der Waals surface area contributed by atoms with Gasteiger partial charge in [0.2, 0.25) is 0 Å². The minimum Gasteiger partial charge on any atom is -0.331 e. The van der Waals surface area contributed by atoms with Crippen LogP contribution in [0.15, 0.2) is 12.1 Å². The van der Waals surface area contributed by atoms with Gasteiger partial charge in [-0.15, -0.1) is 0 Å². The molecule has 0 aliphatic carbocycles. The first-order valence-electron chi connectivity index (χ1n) is 5.60. The number of imidazole rings is 1. The van der Waals surface area contributed by atoms with Crippen LogP contribution in [0, 0.1) is 20.1 Å². The van der Waals surface area contributed by atoms with Crippen LogP contribution in [0.1, 0.15) is 20.3 Å². The van der Waals surface area contributed by atoms with Crippen LogP contribution in [0.5, 0.6) is 0 Å². The lowest BCUT2D eigenvalue weighted by Crippen LogP contribution is -2.06. The van der Waals surface area contributed by atoms with Gasteiger partial charge in [-0.05, 0) is 46.8 Å². The highest BCUT2D eigenvalue weighted by Crippen LogP contribution is 2.21. The summed E-state index contributed by atoms with van der Waals surface area (Å²) in [6.07, 6.45) is 1.08. The molecule has 0 radical (unpaired) electrons. The van der Waals surface area contributed by atoms with Crippen LogP contribution < -0.4 is 0 Å². The maximum absolute atomic E-state index is 13.6. The van der Waals surface area contributed by atoms with Crippen molar-refractivity contribution in [1.29, 1.82) is 0 Å². The lowest BCUT2D eigenvalue weighted by atomic mass is 10.1.